The Labute approximate surface area is 119 Å². The lowest BCUT2D eigenvalue weighted by atomic mass is 9.86. The first-order chi connectivity index (χ1) is 9.72. The van der Waals surface area contributed by atoms with Crippen LogP contribution in [-0.4, -0.2) is 12.9 Å². The van der Waals surface area contributed by atoms with Gasteiger partial charge in [0.2, 0.25) is 0 Å². The summed E-state index contributed by atoms with van der Waals surface area (Å²) >= 11 is 0. The summed E-state index contributed by atoms with van der Waals surface area (Å²) in [6.45, 7) is 3.74. The van der Waals surface area contributed by atoms with E-state index >= 15 is 0 Å². The number of carbonyl (C=O) groups is 1. The molecule has 2 aromatic carbocycles. The lowest BCUT2D eigenvalue weighted by Crippen LogP contribution is -2.15. The van der Waals surface area contributed by atoms with Gasteiger partial charge in [-0.25, -0.2) is 0 Å². The summed E-state index contributed by atoms with van der Waals surface area (Å²) < 4.78 is 5.03. The molecule has 0 aliphatic carbocycles. The van der Waals surface area contributed by atoms with Gasteiger partial charge < -0.3 is 4.74 Å². The monoisotopic (exact) mass is 266 g/mol. The standard InChI is InChI=1S/C18H18O2/c1-14(20-2)13-17(19)18(15-9-5-3-6-10-15)16-11-7-4-8-12-16/h3-12,18H,1,13H2,2H3. The van der Waals surface area contributed by atoms with Crippen molar-refractivity contribution in [3.63, 3.8) is 0 Å². The van der Waals surface area contributed by atoms with Crippen LogP contribution in [0.1, 0.15) is 23.5 Å². The van der Waals surface area contributed by atoms with Crippen LogP contribution in [0.5, 0.6) is 0 Å². The Morgan fingerprint density at radius 2 is 1.45 bits per heavy atom. The fraction of sp³-hybridized carbons (Fsp3) is 0.167. The van der Waals surface area contributed by atoms with Crippen molar-refractivity contribution >= 4 is 5.78 Å². The Bertz CT molecular complexity index is 533. The number of hydrogen-bond acceptors (Lipinski definition) is 2. The van der Waals surface area contributed by atoms with Crippen molar-refractivity contribution in [3.05, 3.63) is 84.1 Å². The third-order valence-electron chi connectivity index (χ3n) is 3.25. The second kappa shape index (κ2) is 6.71. The van der Waals surface area contributed by atoms with Gasteiger partial charge in [0.1, 0.15) is 0 Å². The van der Waals surface area contributed by atoms with Crippen molar-refractivity contribution in [2.24, 2.45) is 0 Å². The Morgan fingerprint density at radius 1 is 1.00 bits per heavy atom. The van der Waals surface area contributed by atoms with E-state index in [1.807, 2.05) is 60.7 Å². The average molecular weight is 266 g/mol. The summed E-state index contributed by atoms with van der Waals surface area (Å²) in [6, 6.07) is 19.6. The molecule has 0 spiro atoms. The third-order valence-corrected chi connectivity index (χ3v) is 3.25. The zero-order chi connectivity index (χ0) is 14.4. The number of allylic oxidation sites excluding steroid dienone is 1. The maximum absolute atomic E-state index is 12.6. The number of carbonyl (C=O) groups excluding carboxylic acids is 1. The average Bonchev–Trinajstić information content (AvgIpc) is 2.49. The molecule has 0 aliphatic rings. The molecule has 0 fully saturated rings. The fourth-order valence-electron chi connectivity index (χ4n) is 2.22. The van der Waals surface area contributed by atoms with Crippen LogP contribution in [0.15, 0.2) is 73.0 Å². The predicted octanol–water partition coefficient (Wildman–Crippen LogP) is 3.94. The highest BCUT2D eigenvalue weighted by Crippen LogP contribution is 2.27. The van der Waals surface area contributed by atoms with Gasteiger partial charge in [-0.3, -0.25) is 4.79 Å². The summed E-state index contributed by atoms with van der Waals surface area (Å²) in [6.07, 6.45) is 0.227. The molecule has 0 unspecified atom stereocenters. The van der Waals surface area contributed by atoms with Gasteiger partial charge >= 0.3 is 0 Å². The third kappa shape index (κ3) is 3.35. The molecule has 0 heterocycles. The van der Waals surface area contributed by atoms with Crippen LogP contribution in [0, 0.1) is 0 Å². The maximum atomic E-state index is 12.6. The Hall–Kier alpha value is -2.35. The maximum Gasteiger partial charge on any atom is 0.152 e. The molecule has 0 saturated carbocycles. The SMILES string of the molecule is C=C(CC(=O)C(c1ccccc1)c1ccccc1)OC. The van der Waals surface area contributed by atoms with Crippen molar-refractivity contribution in [1.82, 2.24) is 0 Å². The van der Waals surface area contributed by atoms with Crippen molar-refractivity contribution in [2.75, 3.05) is 7.11 Å². The molecule has 2 nitrogen and oxygen atoms in total. The quantitative estimate of drug-likeness (QED) is 0.740. The topological polar surface area (TPSA) is 26.3 Å². The van der Waals surface area contributed by atoms with Crippen LogP contribution >= 0.6 is 0 Å². The van der Waals surface area contributed by atoms with E-state index < -0.39 is 0 Å². The van der Waals surface area contributed by atoms with Gasteiger partial charge in [0.15, 0.2) is 5.78 Å². The fourth-order valence-corrected chi connectivity index (χ4v) is 2.22. The molecule has 0 bridgehead atoms. The van der Waals surface area contributed by atoms with E-state index in [0.717, 1.165) is 11.1 Å². The number of rotatable bonds is 6. The van der Waals surface area contributed by atoms with Gasteiger partial charge in [-0.15, -0.1) is 0 Å². The number of Topliss-reactive ketones (excluding diaryl/α,β-unsaturated/α-hetero) is 1. The van der Waals surface area contributed by atoms with Crippen molar-refractivity contribution in [3.8, 4) is 0 Å². The molecular weight excluding hydrogens is 248 g/mol. The van der Waals surface area contributed by atoms with Crippen LogP contribution < -0.4 is 0 Å². The van der Waals surface area contributed by atoms with Gasteiger partial charge in [0, 0.05) is 0 Å². The number of methoxy groups -OCH3 is 1. The number of ether oxygens (including phenoxy) is 1. The van der Waals surface area contributed by atoms with Crippen LogP contribution in [0.3, 0.4) is 0 Å². The molecule has 0 aliphatic heterocycles. The molecule has 0 amide bonds. The smallest absolute Gasteiger partial charge is 0.152 e. The second-order valence-electron chi connectivity index (χ2n) is 4.64. The van der Waals surface area contributed by atoms with Gasteiger partial charge in [0.25, 0.3) is 0 Å². The highest BCUT2D eigenvalue weighted by Gasteiger charge is 2.22. The summed E-state index contributed by atoms with van der Waals surface area (Å²) in [5.41, 5.74) is 1.99. The Morgan fingerprint density at radius 3 is 1.85 bits per heavy atom. The van der Waals surface area contributed by atoms with E-state index in [0.29, 0.717) is 5.76 Å². The molecule has 0 N–H and O–H groups in total. The molecular formula is C18H18O2. The van der Waals surface area contributed by atoms with Crippen LogP contribution in [0.4, 0.5) is 0 Å². The lowest BCUT2D eigenvalue weighted by molar-refractivity contribution is -0.119. The normalized spacial score (nSPS) is 10.3. The molecule has 0 atom stereocenters. The number of hydrogen-bond donors (Lipinski definition) is 0. The number of ketones is 1. The molecule has 102 valence electrons. The summed E-state index contributed by atoms with van der Waals surface area (Å²) in [7, 11) is 1.54. The zero-order valence-corrected chi connectivity index (χ0v) is 11.6. The van der Waals surface area contributed by atoms with Crippen LogP contribution in [0.25, 0.3) is 0 Å². The van der Waals surface area contributed by atoms with Crippen LogP contribution in [0.2, 0.25) is 0 Å². The summed E-state index contributed by atoms with van der Waals surface area (Å²) in [4.78, 5) is 12.6. The first-order valence-corrected chi connectivity index (χ1v) is 6.56. The predicted molar refractivity (Wildman–Crippen MR) is 80.5 cm³/mol. The van der Waals surface area contributed by atoms with E-state index in [4.69, 9.17) is 4.74 Å². The minimum atomic E-state index is -0.274. The molecule has 0 aromatic heterocycles. The highest BCUT2D eigenvalue weighted by atomic mass is 16.5. The van der Waals surface area contributed by atoms with E-state index in [2.05, 4.69) is 6.58 Å². The van der Waals surface area contributed by atoms with Gasteiger partial charge in [-0.2, -0.15) is 0 Å². The van der Waals surface area contributed by atoms with Gasteiger partial charge in [-0.05, 0) is 11.1 Å². The summed E-state index contributed by atoms with van der Waals surface area (Å²) in [5, 5.41) is 0. The summed E-state index contributed by atoms with van der Waals surface area (Å²) in [5.74, 6) is 0.311. The van der Waals surface area contributed by atoms with Crippen molar-refractivity contribution in [2.45, 2.75) is 12.3 Å². The number of benzene rings is 2. The lowest BCUT2D eigenvalue weighted by Gasteiger charge is -2.17. The van der Waals surface area contributed by atoms with E-state index in [-0.39, 0.29) is 18.1 Å². The first-order valence-electron chi connectivity index (χ1n) is 6.56. The largest absolute Gasteiger partial charge is 0.501 e. The Kier molecular flexibility index (Phi) is 4.72. The highest BCUT2D eigenvalue weighted by molar-refractivity contribution is 5.90. The molecule has 2 aromatic rings. The van der Waals surface area contributed by atoms with Gasteiger partial charge in [-0.1, -0.05) is 67.2 Å². The molecule has 2 heteroatoms. The van der Waals surface area contributed by atoms with E-state index in [1.54, 1.807) is 0 Å². The van der Waals surface area contributed by atoms with Crippen LogP contribution in [-0.2, 0) is 9.53 Å². The zero-order valence-electron chi connectivity index (χ0n) is 11.6. The molecule has 0 radical (unpaired) electrons. The minimum absolute atomic E-state index is 0.0919. The van der Waals surface area contributed by atoms with Gasteiger partial charge in [0.05, 0.1) is 25.2 Å². The molecule has 2 rings (SSSR count). The molecule has 0 saturated heterocycles. The first kappa shape index (κ1) is 14.1. The second-order valence-corrected chi connectivity index (χ2v) is 4.64. The minimum Gasteiger partial charge on any atom is -0.501 e. The van der Waals surface area contributed by atoms with Crippen molar-refractivity contribution in [1.29, 1.82) is 0 Å². The van der Waals surface area contributed by atoms with E-state index in [9.17, 15) is 4.79 Å². The Balaban J connectivity index is 2.35. The molecule has 20 heavy (non-hydrogen) atoms. The van der Waals surface area contributed by atoms with E-state index in [1.165, 1.54) is 7.11 Å². The van der Waals surface area contributed by atoms with Crippen molar-refractivity contribution < 1.29 is 9.53 Å².